The molecule has 0 spiro atoms. The average Bonchev–Trinajstić information content (AvgIpc) is 1.95. The predicted molar refractivity (Wildman–Crippen MR) is 40.2 cm³/mol. The van der Waals surface area contributed by atoms with Crippen LogP contribution in [0.5, 0.6) is 0 Å². The molecule has 0 rings (SSSR count). The molecule has 0 aliphatic rings. The first kappa shape index (κ1) is 9.20. The molecule has 0 heterocycles. The van der Waals surface area contributed by atoms with E-state index in [0.29, 0.717) is 0 Å². The van der Waals surface area contributed by atoms with Crippen molar-refractivity contribution in [2.45, 2.75) is 0 Å². The fourth-order valence-electron chi connectivity index (χ4n) is 0.500. The minimum absolute atomic E-state index is 1.63. The van der Waals surface area contributed by atoms with Gasteiger partial charge < -0.3 is 0 Å². The number of rotatable bonds is 4. The summed E-state index contributed by atoms with van der Waals surface area (Å²) in [6.45, 7) is 7.24. The van der Waals surface area contributed by atoms with Crippen molar-refractivity contribution in [3.05, 3.63) is 21.3 Å². The molecule has 0 aromatic heterocycles. The van der Waals surface area contributed by atoms with E-state index in [4.69, 9.17) is 6.15 Å². The van der Waals surface area contributed by atoms with Crippen LogP contribution in [-0.4, -0.2) is 33.4 Å². The molecule has 0 atom stereocenters. The summed E-state index contributed by atoms with van der Waals surface area (Å²) in [6.07, 6.45) is 0. The average molecular weight is 235 g/mol. The summed E-state index contributed by atoms with van der Waals surface area (Å²) in [4.78, 5) is 0. The van der Waals surface area contributed by atoms with Gasteiger partial charge in [-0.25, -0.2) is 0 Å². The zero-order chi connectivity index (χ0) is 7.33. The summed E-state index contributed by atoms with van der Waals surface area (Å²) in [6, 6.07) is 0. The first-order valence-corrected chi connectivity index (χ1v) is 8.24. The van der Waals surface area contributed by atoms with E-state index in [9.17, 15) is 0 Å². The van der Waals surface area contributed by atoms with Crippen LogP contribution in [0.1, 0.15) is 0 Å². The zero-order valence-electron chi connectivity index (χ0n) is 5.89. The molecule has 3 heteroatoms. The molecule has 0 aromatic rings. The molecular formula is C6H12O2Sn. The van der Waals surface area contributed by atoms with E-state index in [1.807, 2.05) is 0 Å². The Balaban J connectivity index is 4.15. The number of hydrogen-bond acceptors (Lipinski definition) is 2. The molecule has 0 amide bonds. The third-order valence-electron chi connectivity index (χ3n) is 1.21. The topological polar surface area (TPSA) is 18.5 Å². The summed E-state index contributed by atoms with van der Waals surface area (Å²) in [5.74, 6) is 0. The SMILES string of the molecule is C=[CH][Sn]([CH]=C)([O]C)[O]C. The van der Waals surface area contributed by atoms with Crippen molar-refractivity contribution in [3.8, 4) is 0 Å². The summed E-state index contributed by atoms with van der Waals surface area (Å²) < 4.78 is 13.8. The summed E-state index contributed by atoms with van der Waals surface area (Å²) in [5.41, 5.74) is 0. The summed E-state index contributed by atoms with van der Waals surface area (Å²) in [7, 11) is 3.26. The van der Waals surface area contributed by atoms with Gasteiger partial charge >= 0.3 is 60.9 Å². The second kappa shape index (κ2) is 4.08. The molecule has 0 unspecified atom stereocenters. The van der Waals surface area contributed by atoms with Crippen molar-refractivity contribution < 1.29 is 6.15 Å². The molecule has 2 nitrogen and oxygen atoms in total. The van der Waals surface area contributed by atoms with Crippen molar-refractivity contribution in [2.75, 3.05) is 14.2 Å². The molecule has 52 valence electrons. The van der Waals surface area contributed by atoms with Gasteiger partial charge in [0.25, 0.3) is 0 Å². The van der Waals surface area contributed by atoms with Crippen LogP contribution in [-0.2, 0) is 6.15 Å². The Bertz CT molecular complexity index is 97.6. The Kier molecular flexibility index (Phi) is 4.17. The van der Waals surface area contributed by atoms with E-state index < -0.39 is 19.2 Å². The van der Waals surface area contributed by atoms with E-state index in [1.54, 1.807) is 22.4 Å². The molecule has 0 saturated heterocycles. The molecular weight excluding hydrogens is 223 g/mol. The molecule has 0 aliphatic carbocycles. The first-order chi connectivity index (χ1) is 4.24. The van der Waals surface area contributed by atoms with Gasteiger partial charge in [-0.3, -0.25) is 0 Å². The van der Waals surface area contributed by atoms with E-state index in [1.165, 1.54) is 0 Å². The Morgan fingerprint density at radius 3 is 1.44 bits per heavy atom. The Morgan fingerprint density at radius 2 is 1.44 bits per heavy atom. The van der Waals surface area contributed by atoms with Crippen LogP contribution in [0.3, 0.4) is 0 Å². The van der Waals surface area contributed by atoms with Gasteiger partial charge in [-0.1, -0.05) is 0 Å². The number of hydrogen-bond donors (Lipinski definition) is 0. The monoisotopic (exact) mass is 236 g/mol. The van der Waals surface area contributed by atoms with Gasteiger partial charge in [0.15, 0.2) is 0 Å². The molecule has 0 bridgehead atoms. The van der Waals surface area contributed by atoms with Gasteiger partial charge in [0.1, 0.15) is 0 Å². The fraction of sp³-hybridized carbons (Fsp3) is 0.333. The van der Waals surface area contributed by atoms with Crippen LogP contribution in [0.4, 0.5) is 0 Å². The zero-order valence-corrected chi connectivity index (χ0v) is 8.74. The molecule has 0 saturated carbocycles. The van der Waals surface area contributed by atoms with Crippen molar-refractivity contribution >= 4 is 19.2 Å². The summed E-state index contributed by atoms with van der Waals surface area (Å²) in [5, 5.41) is 0. The van der Waals surface area contributed by atoms with Crippen LogP contribution in [0.15, 0.2) is 21.3 Å². The van der Waals surface area contributed by atoms with E-state index in [0.717, 1.165) is 0 Å². The van der Waals surface area contributed by atoms with E-state index in [-0.39, 0.29) is 0 Å². The van der Waals surface area contributed by atoms with Crippen molar-refractivity contribution in [1.29, 1.82) is 0 Å². The van der Waals surface area contributed by atoms with Crippen LogP contribution in [0, 0.1) is 0 Å². The Labute approximate surface area is 61.1 Å². The normalized spacial score (nSPS) is 10.9. The molecule has 0 N–H and O–H groups in total. The second-order valence-corrected chi connectivity index (χ2v) is 10.3. The van der Waals surface area contributed by atoms with Crippen LogP contribution in [0.2, 0.25) is 0 Å². The molecule has 0 aromatic carbocycles. The van der Waals surface area contributed by atoms with Gasteiger partial charge in [0, 0.05) is 0 Å². The third-order valence-corrected chi connectivity index (χ3v) is 8.10. The maximum atomic E-state index is 5.14. The van der Waals surface area contributed by atoms with Crippen LogP contribution >= 0.6 is 0 Å². The van der Waals surface area contributed by atoms with Crippen molar-refractivity contribution in [1.82, 2.24) is 0 Å². The van der Waals surface area contributed by atoms with E-state index >= 15 is 0 Å². The van der Waals surface area contributed by atoms with Crippen LogP contribution in [0.25, 0.3) is 0 Å². The quantitative estimate of drug-likeness (QED) is 0.681. The second-order valence-electron chi connectivity index (χ2n) is 1.54. The standard InChI is InChI=1S/2C2H3.2CH3O.Sn/c4*1-2;/h2*1H,2H2;2*1H3;/q;;2*-1;+2. The minimum atomic E-state index is -2.86. The maximum absolute atomic E-state index is 5.14. The first-order valence-electron chi connectivity index (χ1n) is 2.62. The molecule has 0 radical (unpaired) electrons. The van der Waals surface area contributed by atoms with E-state index in [2.05, 4.69) is 13.2 Å². The van der Waals surface area contributed by atoms with Crippen molar-refractivity contribution in [2.24, 2.45) is 0 Å². The van der Waals surface area contributed by atoms with Gasteiger partial charge in [0.05, 0.1) is 0 Å². The predicted octanol–water partition coefficient (Wildman–Crippen LogP) is 1.17. The van der Waals surface area contributed by atoms with Crippen LogP contribution < -0.4 is 0 Å². The molecule has 0 fully saturated rings. The Morgan fingerprint density at radius 1 is 1.11 bits per heavy atom. The van der Waals surface area contributed by atoms with Gasteiger partial charge in [0.2, 0.25) is 0 Å². The van der Waals surface area contributed by atoms with Gasteiger partial charge in [-0.2, -0.15) is 0 Å². The fourth-order valence-corrected chi connectivity index (χ4v) is 3.35. The molecule has 9 heavy (non-hydrogen) atoms. The van der Waals surface area contributed by atoms with Crippen molar-refractivity contribution in [3.63, 3.8) is 0 Å². The summed E-state index contributed by atoms with van der Waals surface area (Å²) >= 11 is -2.86. The van der Waals surface area contributed by atoms with Gasteiger partial charge in [-0.05, 0) is 0 Å². The molecule has 0 aliphatic heterocycles. The van der Waals surface area contributed by atoms with Gasteiger partial charge in [-0.15, -0.1) is 0 Å². The third kappa shape index (κ3) is 2.12. The Hall–Kier alpha value is 0.199.